The molecule has 43 heavy (non-hydrogen) atoms. The minimum Gasteiger partial charge on any atom is -0.469 e. The van der Waals surface area contributed by atoms with Crippen LogP contribution >= 0.6 is 0 Å². The fourth-order valence-electron chi connectivity index (χ4n) is 4.17. The first kappa shape index (κ1) is 31.3. The molecule has 0 bridgehead atoms. The van der Waals surface area contributed by atoms with Gasteiger partial charge in [0.2, 0.25) is 10.0 Å². The number of fused-ring (bicyclic) bond motifs is 1. The highest BCUT2D eigenvalue weighted by Gasteiger charge is 2.18. The van der Waals surface area contributed by atoms with E-state index in [1.807, 2.05) is 0 Å². The number of rotatable bonds is 11. The molecule has 0 fully saturated rings. The maximum Gasteiger partial charge on any atom is 0.307 e. The summed E-state index contributed by atoms with van der Waals surface area (Å²) in [6, 6.07) is 10.4. The van der Waals surface area contributed by atoms with E-state index in [9.17, 15) is 27.9 Å². The SMILES string of the molecule is COC(=O)CCNC(=O)c1cncc(-c2cc3nn(CCC(C)(C)O)cc3cc2NC(=O)c2cccc(S(N)(=O)=O)c2)c1. The van der Waals surface area contributed by atoms with Crippen molar-refractivity contribution < 1.29 is 32.6 Å². The highest BCUT2D eigenvalue weighted by molar-refractivity contribution is 7.89. The normalized spacial score (nSPS) is 11.7. The van der Waals surface area contributed by atoms with Crippen molar-refractivity contribution in [2.75, 3.05) is 19.0 Å². The molecule has 0 saturated carbocycles. The zero-order valence-electron chi connectivity index (χ0n) is 23.8. The minimum atomic E-state index is -4.03. The molecular formula is C29H32N6O7S. The monoisotopic (exact) mass is 608 g/mol. The van der Waals surface area contributed by atoms with Crippen LogP contribution in [0.3, 0.4) is 0 Å². The van der Waals surface area contributed by atoms with E-state index in [2.05, 4.69) is 25.5 Å². The van der Waals surface area contributed by atoms with Gasteiger partial charge in [0.1, 0.15) is 0 Å². The predicted octanol–water partition coefficient (Wildman–Crippen LogP) is 2.45. The first-order chi connectivity index (χ1) is 20.2. The molecule has 4 rings (SSSR count). The average Bonchev–Trinajstić information content (AvgIpc) is 3.36. The summed E-state index contributed by atoms with van der Waals surface area (Å²) in [6.07, 6.45) is 5.14. The molecule has 0 aliphatic carbocycles. The van der Waals surface area contributed by atoms with Crippen LogP contribution in [-0.4, -0.2) is 65.3 Å². The standard InChI is InChI=1S/C29H32N6O7S/c1-29(2,39)8-10-35-17-21-13-25(33-28(38)18-5-4-6-22(12-18)43(30,40)41)23(14-24(21)34-35)19-11-20(16-31-15-19)27(37)32-9-7-26(36)42-3/h4-6,11-17,39H,7-10H2,1-3H3,(H,32,37)(H,33,38)(H2,30,40,41). The Hall–Kier alpha value is -4.66. The van der Waals surface area contributed by atoms with Crippen molar-refractivity contribution in [3.63, 3.8) is 0 Å². The van der Waals surface area contributed by atoms with Crippen LogP contribution in [0.5, 0.6) is 0 Å². The first-order valence-electron chi connectivity index (χ1n) is 13.2. The van der Waals surface area contributed by atoms with E-state index in [0.29, 0.717) is 40.7 Å². The number of nitrogens with zero attached hydrogens (tertiary/aromatic N) is 3. The maximum atomic E-state index is 13.3. The van der Waals surface area contributed by atoms with Crippen molar-refractivity contribution in [1.82, 2.24) is 20.1 Å². The van der Waals surface area contributed by atoms with Crippen LogP contribution in [0.2, 0.25) is 0 Å². The van der Waals surface area contributed by atoms with Crippen molar-refractivity contribution in [2.24, 2.45) is 5.14 Å². The van der Waals surface area contributed by atoms with Crippen LogP contribution in [-0.2, 0) is 26.1 Å². The second-order valence-corrected chi connectivity index (χ2v) is 12.0. The highest BCUT2D eigenvalue weighted by Crippen LogP contribution is 2.33. The number of ether oxygens (including phenoxy) is 1. The molecule has 0 aliphatic rings. The summed E-state index contributed by atoms with van der Waals surface area (Å²) < 4.78 is 29.9. The lowest BCUT2D eigenvalue weighted by atomic mass is 10.0. The van der Waals surface area contributed by atoms with Gasteiger partial charge >= 0.3 is 5.97 Å². The van der Waals surface area contributed by atoms with Crippen LogP contribution < -0.4 is 15.8 Å². The Morgan fingerprint density at radius 2 is 1.84 bits per heavy atom. The molecule has 2 aromatic carbocycles. The third-order valence-corrected chi connectivity index (χ3v) is 7.38. The Kier molecular flexibility index (Phi) is 9.23. The zero-order chi connectivity index (χ0) is 31.4. The van der Waals surface area contributed by atoms with Gasteiger partial charge in [0, 0.05) is 59.4 Å². The number of anilines is 1. The maximum absolute atomic E-state index is 13.3. The number of esters is 1. The Morgan fingerprint density at radius 1 is 1.07 bits per heavy atom. The van der Waals surface area contributed by atoms with Crippen LogP contribution in [0.4, 0.5) is 5.69 Å². The molecule has 13 nitrogen and oxygen atoms in total. The van der Waals surface area contributed by atoms with Crippen molar-refractivity contribution in [3.8, 4) is 11.1 Å². The molecule has 0 spiro atoms. The Bertz CT molecular complexity index is 1790. The molecule has 0 saturated heterocycles. The van der Waals surface area contributed by atoms with Gasteiger partial charge in [0.25, 0.3) is 11.8 Å². The predicted molar refractivity (Wildman–Crippen MR) is 159 cm³/mol. The number of carbonyl (C=O) groups excluding carboxylic acids is 3. The number of nitrogens with two attached hydrogens (primary N) is 1. The van der Waals surface area contributed by atoms with E-state index < -0.39 is 33.4 Å². The Balaban J connectivity index is 1.72. The quantitative estimate of drug-likeness (QED) is 0.185. The molecule has 0 radical (unpaired) electrons. The third kappa shape index (κ3) is 8.22. The smallest absolute Gasteiger partial charge is 0.307 e. The van der Waals surface area contributed by atoms with Crippen LogP contribution in [0.15, 0.2) is 66.0 Å². The van der Waals surface area contributed by atoms with Gasteiger partial charge in [-0.15, -0.1) is 0 Å². The van der Waals surface area contributed by atoms with Crippen molar-refractivity contribution in [1.29, 1.82) is 0 Å². The molecule has 0 aliphatic heterocycles. The number of methoxy groups -OCH3 is 1. The number of primary sulfonamides is 1. The Morgan fingerprint density at radius 3 is 2.53 bits per heavy atom. The lowest BCUT2D eigenvalue weighted by Crippen LogP contribution is -2.26. The summed E-state index contributed by atoms with van der Waals surface area (Å²) in [7, 11) is -2.77. The number of benzene rings is 2. The minimum absolute atomic E-state index is 0.00495. The molecule has 0 unspecified atom stereocenters. The summed E-state index contributed by atoms with van der Waals surface area (Å²) in [6.45, 7) is 3.93. The van der Waals surface area contributed by atoms with Crippen LogP contribution in [0, 0.1) is 0 Å². The number of sulfonamides is 1. The number of aliphatic hydroxyl groups is 1. The second kappa shape index (κ2) is 12.7. The van der Waals surface area contributed by atoms with Crippen molar-refractivity contribution in [2.45, 2.75) is 43.7 Å². The van der Waals surface area contributed by atoms with Gasteiger partial charge in [0.05, 0.1) is 35.1 Å². The fraction of sp³-hybridized carbons (Fsp3) is 0.276. The molecule has 0 atom stereocenters. The number of nitrogens with one attached hydrogen (secondary N) is 2. The van der Waals surface area contributed by atoms with Crippen LogP contribution in [0.1, 0.15) is 47.4 Å². The van der Waals surface area contributed by atoms with Crippen LogP contribution in [0.25, 0.3) is 22.0 Å². The van der Waals surface area contributed by atoms with E-state index >= 15 is 0 Å². The summed E-state index contributed by atoms with van der Waals surface area (Å²) in [5.74, 6) is -1.51. The van der Waals surface area contributed by atoms with E-state index in [-0.39, 0.29) is 29.0 Å². The van der Waals surface area contributed by atoms with Gasteiger partial charge in [-0.3, -0.25) is 24.0 Å². The average molecular weight is 609 g/mol. The topological polar surface area (TPSA) is 196 Å². The van der Waals surface area contributed by atoms with E-state index in [1.54, 1.807) is 42.9 Å². The van der Waals surface area contributed by atoms with E-state index in [0.717, 1.165) is 0 Å². The zero-order valence-corrected chi connectivity index (χ0v) is 24.6. The number of hydrogen-bond donors (Lipinski definition) is 4. The fourth-order valence-corrected chi connectivity index (χ4v) is 4.73. The summed E-state index contributed by atoms with van der Waals surface area (Å²) in [4.78, 5) is 41.4. The first-order valence-corrected chi connectivity index (χ1v) is 14.8. The number of aryl methyl sites for hydroxylation is 1. The van der Waals surface area contributed by atoms with Gasteiger partial charge < -0.3 is 20.5 Å². The largest absolute Gasteiger partial charge is 0.469 e. The molecule has 5 N–H and O–H groups in total. The van der Waals surface area contributed by atoms with Gasteiger partial charge in [0.15, 0.2) is 0 Å². The lowest BCUT2D eigenvalue weighted by molar-refractivity contribution is -0.140. The molecular weight excluding hydrogens is 576 g/mol. The van der Waals surface area contributed by atoms with E-state index in [4.69, 9.17) is 5.14 Å². The summed E-state index contributed by atoms with van der Waals surface area (Å²) in [5, 5.41) is 26.2. The molecule has 2 aromatic heterocycles. The number of carbonyl (C=O) groups is 3. The molecule has 2 heterocycles. The molecule has 4 aromatic rings. The van der Waals surface area contributed by atoms with Gasteiger partial charge in [-0.2, -0.15) is 5.10 Å². The highest BCUT2D eigenvalue weighted by atomic mass is 32.2. The number of hydrogen-bond acceptors (Lipinski definition) is 9. The molecule has 2 amide bonds. The molecule has 14 heteroatoms. The second-order valence-electron chi connectivity index (χ2n) is 10.5. The van der Waals surface area contributed by atoms with Gasteiger partial charge in [-0.05, 0) is 56.7 Å². The number of pyridine rings is 1. The van der Waals surface area contributed by atoms with Crippen molar-refractivity contribution >= 4 is 44.4 Å². The van der Waals surface area contributed by atoms with E-state index in [1.165, 1.54) is 43.8 Å². The summed E-state index contributed by atoms with van der Waals surface area (Å²) >= 11 is 0. The number of amides is 2. The Labute approximate surface area is 248 Å². The lowest BCUT2D eigenvalue weighted by Gasteiger charge is -2.16. The van der Waals surface area contributed by atoms with Crippen molar-refractivity contribution in [3.05, 3.63) is 72.2 Å². The molecule has 226 valence electrons. The van der Waals surface area contributed by atoms with Gasteiger partial charge in [-0.25, -0.2) is 13.6 Å². The summed E-state index contributed by atoms with van der Waals surface area (Å²) in [5.41, 5.74) is 1.32. The number of aromatic nitrogens is 3. The third-order valence-electron chi connectivity index (χ3n) is 6.47. The van der Waals surface area contributed by atoms with Gasteiger partial charge in [-0.1, -0.05) is 6.07 Å².